The van der Waals surface area contributed by atoms with Crippen LogP contribution in [0, 0.1) is 12.7 Å². The van der Waals surface area contributed by atoms with Crippen LogP contribution >= 0.6 is 15.9 Å². The number of hydrogen-bond acceptors (Lipinski definition) is 2. The number of aryl methyl sites for hydroxylation is 1. The molecule has 3 nitrogen and oxygen atoms in total. The Labute approximate surface area is 112 Å². The summed E-state index contributed by atoms with van der Waals surface area (Å²) in [5.41, 5.74) is 1.68. The SMILES string of the molecule is Cc1cc(F)c(Br)cc1NC(=O)c1cccnc1. The molecule has 0 bridgehead atoms. The minimum atomic E-state index is -0.355. The zero-order valence-corrected chi connectivity index (χ0v) is 11.2. The van der Waals surface area contributed by atoms with E-state index in [0.717, 1.165) is 0 Å². The minimum Gasteiger partial charge on any atom is -0.322 e. The van der Waals surface area contributed by atoms with E-state index in [9.17, 15) is 9.18 Å². The molecule has 0 aliphatic rings. The van der Waals surface area contributed by atoms with Crippen molar-refractivity contribution >= 4 is 27.5 Å². The number of hydrogen-bond donors (Lipinski definition) is 1. The first-order chi connectivity index (χ1) is 8.58. The van der Waals surface area contributed by atoms with Crippen molar-refractivity contribution in [1.29, 1.82) is 0 Å². The molecule has 1 N–H and O–H groups in total. The van der Waals surface area contributed by atoms with E-state index < -0.39 is 0 Å². The lowest BCUT2D eigenvalue weighted by molar-refractivity contribution is 0.102. The van der Waals surface area contributed by atoms with Crippen LogP contribution in [0.5, 0.6) is 0 Å². The normalized spacial score (nSPS) is 10.2. The van der Waals surface area contributed by atoms with Crippen LogP contribution < -0.4 is 5.32 Å². The van der Waals surface area contributed by atoms with E-state index in [1.165, 1.54) is 12.3 Å². The van der Waals surface area contributed by atoms with Gasteiger partial charge in [0.2, 0.25) is 0 Å². The van der Waals surface area contributed by atoms with Gasteiger partial charge in [-0.15, -0.1) is 0 Å². The van der Waals surface area contributed by atoms with Crippen molar-refractivity contribution in [2.45, 2.75) is 6.92 Å². The lowest BCUT2D eigenvalue weighted by Crippen LogP contribution is -2.13. The average Bonchev–Trinajstić information content (AvgIpc) is 2.37. The van der Waals surface area contributed by atoms with Crippen molar-refractivity contribution in [3.8, 4) is 0 Å². The number of halogens is 2. The lowest BCUT2D eigenvalue weighted by Gasteiger charge is -2.09. The summed E-state index contributed by atoms with van der Waals surface area (Å²) in [4.78, 5) is 15.8. The molecule has 5 heteroatoms. The predicted octanol–water partition coefficient (Wildman–Crippen LogP) is 3.54. The summed E-state index contributed by atoms with van der Waals surface area (Å²) in [6, 6.07) is 6.25. The fourth-order valence-electron chi connectivity index (χ4n) is 1.47. The summed E-state index contributed by atoms with van der Waals surface area (Å²) in [5, 5.41) is 2.72. The van der Waals surface area contributed by atoms with E-state index in [2.05, 4.69) is 26.2 Å². The lowest BCUT2D eigenvalue weighted by atomic mass is 10.2. The van der Waals surface area contributed by atoms with Gasteiger partial charge in [-0.3, -0.25) is 9.78 Å². The van der Waals surface area contributed by atoms with E-state index in [4.69, 9.17) is 0 Å². The second kappa shape index (κ2) is 5.27. The minimum absolute atomic E-state index is 0.273. The molecule has 1 aromatic carbocycles. The van der Waals surface area contributed by atoms with Crippen LogP contribution in [-0.4, -0.2) is 10.9 Å². The molecule has 1 amide bonds. The Morgan fingerprint density at radius 3 is 2.89 bits per heavy atom. The van der Waals surface area contributed by atoms with Gasteiger partial charge in [0.25, 0.3) is 5.91 Å². The Morgan fingerprint density at radius 1 is 1.44 bits per heavy atom. The van der Waals surface area contributed by atoms with Crippen molar-refractivity contribution in [2.24, 2.45) is 0 Å². The Kier molecular flexibility index (Phi) is 3.72. The van der Waals surface area contributed by atoms with E-state index in [-0.39, 0.29) is 11.7 Å². The fourth-order valence-corrected chi connectivity index (χ4v) is 1.82. The molecule has 2 aromatic rings. The molecule has 0 saturated heterocycles. The topological polar surface area (TPSA) is 42.0 Å². The monoisotopic (exact) mass is 308 g/mol. The number of nitrogens with zero attached hydrogens (tertiary/aromatic N) is 1. The van der Waals surface area contributed by atoms with Crippen molar-refractivity contribution in [2.75, 3.05) is 5.32 Å². The van der Waals surface area contributed by atoms with E-state index in [1.807, 2.05) is 0 Å². The summed E-state index contributed by atoms with van der Waals surface area (Å²) in [6.07, 6.45) is 3.07. The molecular formula is C13H10BrFN2O. The van der Waals surface area contributed by atoms with Gasteiger partial charge in [-0.1, -0.05) is 0 Å². The molecule has 1 heterocycles. The third-order valence-electron chi connectivity index (χ3n) is 2.44. The highest BCUT2D eigenvalue weighted by molar-refractivity contribution is 9.10. The van der Waals surface area contributed by atoms with E-state index >= 15 is 0 Å². The zero-order valence-electron chi connectivity index (χ0n) is 9.58. The number of pyridine rings is 1. The number of benzene rings is 1. The number of nitrogens with one attached hydrogen (secondary N) is 1. The van der Waals surface area contributed by atoms with E-state index in [0.29, 0.717) is 21.3 Å². The van der Waals surface area contributed by atoms with Crippen molar-refractivity contribution in [1.82, 2.24) is 4.98 Å². The Hall–Kier alpha value is -1.75. The summed E-state index contributed by atoms with van der Waals surface area (Å²) >= 11 is 3.09. The Bertz CT molecular complexity index is 587. The van der Waals surface area contributed by atoms with Gasteiger partial charge >= 0.3 is 0 Å². The summed E-state index contributed by atoms with van der Waals surface area (Å²) < 4.78 is 13.6. The van der Waals surface area contributed by atoms with Gasteiger partial charge in [0.15, 0.2) is 0 Å². The van der Waals surface area contributed by atoms with Crippen LogP contribution in [0.1, 0.15) is 15.9 Å². The number of carbonyl (C=O) groups excluding carboxylic acids is 1. The fraction of sp³-hybridized carbons (Fsp3) is 0.0769. The van der Waals surface area contributed by atoms with Crippen LogP contribution in [0.3, 0.4) is 0 Å². The molecule has 0 unspecified atom stereocenters. The maximum Gasteiger partial charge on any atom is 0.257 e. The van der Waals surface area contributed by atoms with Gasteiger partial charge < -0.3 is 5.32 Å². The van der Waals surface area contributed by atoms with Crippen molar-refractivity contribution in [3.63, 3.8) is 0 Å². The Morgan fingerprint density at radius 2 is 2.22 bits per heavy atom. The average molecular weight is 309 g/mol. The van der Waals surface area contributed by atoms with Gasteiger partial charge in [-0.2, -0.15) is 0 Å². The van der Waals surface area contributed by atoms with Crippen LogP contribution in [0.15, 0.2) is 41.1 Å². The molecule has 18 heavy (non-hydrogen) atoms. The smallest absolute Gasteiger partial charge is 0.257 e. The van der Waals surface area contributed by atoms with Crippen molar-refractivity contribution < 1.29 is 9.18 Å². The number of rotatable bonds is 2. The standard InChI is InChI=1S/C13H10BrFN2O/c1-8-5-11(15)10(14)6-12(8)17-13(18)9-3-2-4-16-7-9/h2-7H,1H3,(H,17,18). The zero-order chi connectivity index (χ0) is 13.1. The van der Waals surface area contributed by atoms with Gasteiger partial charge in [0.05, 0.1) is 10.0 Å². The van der Waals surface area contributed by atoms with Crippen LogP contribution in [-0.2, 0) is 0 Å². The second-order valence-corrected chi connectivity index (χ2v) is 4.63. The highest BCUT2D eigenvalue weighted by Gasteiger charge is 2.10. The van der Waals surface area contributed by atoms with Crippen LogP contribution in [0.25, 0.3) is 0 Å². The molecule has 92 valence electrons. The summed E-state index contributed by atoms with van der Waals surface area (Å²) in [5.74, 6) is -0.628. The van der Waals surface area contributed by atoms with Crippen molar-refractivity contribution in [3.05, 3.63) is 58.1 Å². The van der Waals surface area contributed by atoms with Crippen LogP contribution in [0.4, 0.5) is 10.1 Å². The number of anilines is 1. The molecule has 0 spiro atoms. The molecular weight excluding hydrogens is 299 g/mol. The molecule has 0 saturated carbocycles. The third-order valence-corrected chi connectivity index (χ3v) is 3.05. The number of carbonyl (C=O) groups is 1. The molecule has 0 aliphatic carbocycles. The molecule has 0 aliphatic heterocycles. The Balaban J connectivity index is 2.25. The first kappa shape index (κ1) is 12.7. The largest absolute Gasteiger partial charge is 0.322 e. The summed E-state index contributed by atoms with van der Waals surface area (Å²) in [6.45, 7) is 1.73. The van der Waals surface area contributed by atoms with Gasteiger partial charge in [-0.05, 0) is 52.7 Å². The van der Waals surface area contributed by atoms with Gasteiger partial charge in [0.1, 0.15) is 5.82 Å². The highest BCUT2D eigenvalue weighted by Crippen LogP contribution is 2.24. The quantitative estimate of drug-likeness (QED) is 0.922. The third kappa shape index (κ3) is 2.73. The van der Waals surface area contributed by atoms with E-state index in [1.54, 1.807) is 31.3 Å². The maximum absolute atomic E-state index is 13.3. The molecule has 0 fully saturated rings. The first-order valence-electron chi connectivity index (χ1n) is 5.25. The first-order valence-corrected chi connectivity index (χ1v) is 6.04. The maximum atomic E-state index is 13.3. The van der Waals surface area contributed by atoms with Crippen LogP contribution in [0.2, 0.25) is 0 Å². The van der Waals surface area contributed by atoms with Gasteiger partial charge in [-0.25, -0.2) is 4.39 Å². The molecule has 2 rings (SSSR count). The number of amides is 1. The molecule has 1 aromatic heterocycles. The number of aromatic nitrogens is 1. The molecule has 0 atom stereocenters. The highest BCUT2D eigenvalue weighted by atomic mass is 79.9. The predicted molar refractivity (Wildman–Crippen MR) is 71.0 cm³/mol. The summed E-state index contributed by atoms with van der Waals surface area (Å²) in [7, 11) is 0. The second-order valence-electron chi connectivity index (χ2n) is 3.78. The molecule has 0 radical (unpaired) electrons. The van der Waals surface area contributed by atoms with Gasteiger partial charge in [0, 0.05) is 18.1 Å².